The molecule has 4 aromatic rings. The molecule has 4 aliphatic heterocycles. The van der Waals surface area contributed by atoms with E-state index in [1.54, 1.807) is 12.1 Å². The lowest BCUT2D eigenvalue weighted by molar-refractivity contribution is -0.188. The zero-order valence-corrected chi connectivity index (χ0v) is 37.2. The molecule has 2 aromatic carbocycles. The van der Waals surface area contributed by atoms with Crippen molar-refractivity contribution in [3.8, 4) is 23.0 Å². The average Bonchev–Trinajstić information content (AvgIpc) is 4.11. The van der Waals surface area contributed by atoms with E-state index in [4.69, 9.17) is 18.9 Å². The molecule has 6 aliphatic carbocycles. The topological polar surface area (TPSA) is 152 Å². The highest BCUT2D eigenvalue weighted by Gasteiger charge is 2.75. The molecule has 2 spiro atoms. The number of thiophene rings is 2. The number of ether oxygens (including phenoxy) is 4. The summed E-state index contributed by atoms with van der Waals surface area (Å²) in [6.07, 6.45) is 7.44. The molecule has 6 heterocycles. The second kappa shape index (κ2) is 13.3. The smallest absolute Gasteiger partial charge is 0.316 e. The molecule has 2 aromatic heterocycles. The summed E-state index contributed by atoms with van der Waals surface area (Å²) >= 11 is 2.97. The van der Waals surface area contributed by atoms with Gasteiger partial charge in [0.25, 0.3) is 0 Å². The van der Waals surface area contributed by atoms with Crippen molar-refractivity contribution in [1.29, 1.82) is 0 Å². The third kappa shape index (κ3) is 5.18. The van der Waals surface area contributed by atoms with E-state index in [1.807, 2.05) is 24.3 Å². The predicted octanol–water partition coefficient (Wildman–Crippen LogP) is 5.53. The average molecular weight is 903 g/mol. The lowest BCUT2D eigenvalue weighted by Gasteiger charge is -2.62. The second-order valence-electron chi connectivity index (χ2n) is 20.9. The molecule has 64 heavy (non-hydrogen) atoms. The summed E-state index contributed by atoms with van der Waals surface area (Å²) in [6, 6.07) is 11.4. The first-order valence-corrected chi connectivity index (χ1v) is 25.2. The van der Waals surface area contributed by atoms with Crippen molar-refractivity contribution in [3.05, 3.63) is 68.4 Å². The van der Waals surface area contributed by atoms with Gasteiger partial charge in [0.15, 0.2) is 46.8 Å². The summed E-state index contributed by atoms with van der Waals surface area (Å²) in [7, 11) is 0. The fraction of sp³-hybridized carbons (Fsp3) is 0.560. The van der Waals surface area contributed by atoms with Crippen LogP contribution in [-0.4, -0.2) is 105 Å². The van der Waals surface area contributed by atoms with E-state index in [2.05, 4.69) is 9.80 Å². The van der Waals surface area contributed by atoms with Crippen LogP contribution in [0.15, 0.2) is 36.4 Å². The van der Waals surface area contributed by atoms with Gasteiger partial charge >= 0.3 is 11.9 Å². The summed E-state index contributed by atoms with van der Waals surface area (Å²) in [5.74, 6) is 1.95. The Morgan fingerprint density at radius 1 is 0.672 bits per heavy atom. The molecule has 4 bridgehead atoms. The van der Waals surface area contributed by atoms with E-state index >= 15 is 0 Å². The number of benzene rings is 2. The Morgan fingerprint density at radius 2 is 1.12 bits per heavy atom. The third-order valence-electron chi connectivity index (χ3n) is 17.5. The molecule has 0 unspecified atom stereocenters. The number of Topliss-reactive ketones (excluding diaryl/α,β-unsaturated/α-hetero) is 2. The van der Waals surface area contributed by atoms with Crippen LogP contribution in [0.1, 0.15) is 96.2 Å². The number of likely N-dealkylation sites (tertiary alicyclic amines) is 2. The number of hydrogen-bond acceptors (Lipinski definition) is 14. The van der Waals surface area contributed by atoms with Crippen LogP contribution in [0, 0.1) is 11.8 Å². The maximum atomic E-state index is 13.6. The molecule has 2 N–H and O–H groups in total. The number of rotatable bonds is 10. The lowest BCUT2D eigenvalue weighted by atomic mass is 9.49. The molecule has 12 nitrogen and oxygen atoms in total. The zero-order valence-electron chi connectivity index (χ0n) is 35.5. The van der Waals surface area contributed by atoms with Crippen molar-refractivity contribution in [2.75, 3.05) is 26.2 Å². The van der Waals surface area contributed by atoms with E-state index in [0.29, 0.717) is 73.4 Å². The Hall–Kier alpha value is -4.18. The molecule has 6 fully saturated rings. The number of hydrogen-bond donors (Lipinski definition) is 2. The van der Waals surface area contributed by atoms with E-state index in [-0.39, 0.29) is 49.3 Å². The first kappa shape index (κ1) is 39.0. The van der Waals surface area contributed by atoms with E-state index in [9.17, 15) is 29.4 Å². The maximum absolute atomic E-state index is 13.6. The van der Waals surface area contributed by atoms with Crippen LogP contribution in [-0.2, 0) is 55.7 Å². The number of carbonyl (C=O) groups is 4. The van der Waals surface area contributed by atoms with Crippen LogP contribution in [0.2, 0.25) is 0 Å². The van der Waals surface area contributed by atoms with Crippen LogP contribution < -0.4 is 18.9 Å². The summed E-state index contributed by atoms with van der Waals surface area (Å²) in [5, 5.41) is 26.2. The summed E-state index contributed by atoms with van der Waals surface area (Å²) < 4.78 is 26.1. The molecule has 8 atom stereocenters. The number of esters is 2. The molecule has 10 aliphatic rings. The van der Waals surface area contributed by atoms with Gasteiger partial charge in [-0.25, -0.2) is 0 Å². The van der Waals surface area contributed by atoms with Crippen molar-refractivity contribution in [2.45, 2.75) is 136 Å². The molecule has 14 rings (SSSR count). The van der Waals surface area contributed by atoms with Gasteiger partial charge in [-0.2, -0.15) is 0 Å². The van der Waals surface area contributed by atoms with Crippen molar-refractivity contribution >= 4 is 55.6 Å². The highest BCUT2D eigenvalue weighted by Crippen LogP contribution is 2.67. The molecule has 332 valence electrons. The van der Waals surface area contributed by atoms with Crippen LogP contribution in [0.4, 0.5) is 0 Å². The Morgan fingerprint density at radius 3 is 1.55 bits per heavy atom. The minimum absolute atomic E-state index is 0.00385. The van der Waals surface area contributed by atoms with Crippen LogP contribution in [0.3, 0.4) is 0 Å². The van der Waals surface area contributed by atoms with Gasteiger partial charge in [-0.3, -0.25) is 29.0 Å². The Kier molecular flexibility index (Phi) is 8.08. The third-order valence-corrected chi connectivity index (χ3v) is 19.9. The minimum atomic E-state index is -1.09. The van der Waals surface area contributed by atoms with Gasteiger partial charge in [0.2, 0.25) is 0 Å². The zero-order chi connectivity index (χ0) is 43.1. The van der Waals surface area contributed by atoms with Gasteiger partial charge in [0.1, 0.15) is 0 Å². The number of ketones is 2. The van der Waals surface area contributed by atoms with E-state index in [1.165, 1.54) is 48.4 Å². The summed E-state index contributed by atoms with van der Waals surface area (Å²) in [5.41, 5.74) is 0.0150. The Labute approximate surface area is 377 Å². The molecule has 0 amide bonds. The highest BCUT2D eigenvalue weighted by molar-refractivity contribution is 7.38. The largest absolute Gasteiger partial charge is 0.477 e. The number of piperidine rings is 2. The first-order chi connectivity index (χ1) is 31.0. The van der Waals surface area contributed by atoms with E-state index < -0.39 is 46.2 Å². The van der Waals surface area contributed by atoms with Gasteiger partial charge < -0.3 is 29.2 Å². The quantitative estimate of drug-likeness (QED) is 0.152. The molecule has 2 saturated heterocycles. The van der Waals surface area contributed by atoms with Crippen molar-refractivity contribution in [3.63, 3.8) is 0 Å². The van der Waals surface area contributed by atoms with Gasteiger partial charge in [0, 0.05) is 64.3 Å². The SMILES string of the molecule is O=C(Cc1cc2cc(CC(=O)Oc3ccc4c5c3O[C@H]3C(=O)CC[C@@]6(O)[C@@H](C4)N(CC4CC4)CC[C@]536)sc2s1)Oc1ccc2c3c1O[C@H]1C(=O)CC[C@@]4(O)[C@@H](C2)N(CC2CC2)CC[C@]314. The van der Waals surface area contributed by atoms with Crippen molar-refractivity contribution in [1.82, 2.24) is 9.80 Å². The molecular weight excluding hydrogens is 853 g/mol. The van der Waals surface area contributed by atoms with Gasteiger partial charge in [-0.05, 0) is 125 Å². The summed E-state index contributed by atoms with van der Waals surface area (Å²) in [6.45, 7) is 3.58. The van der Waals surface area contributed by atoms with Gasteiger partial charge in [-0.15, -0.1) is 22.7 Å². The first-order valence-electron chi connectivity index (χ1n) is 23.5. The minimum Gasteiger partial charge on any atom is -0.477 e. The highest BCUT2D eigenvalue weighted by atomic mass is 32.2. The number of aliphatic hydroxyl groups is 2. The number of carbonyl (C=O) groups excluding carboxylic acids is 4. The maximum Gasteiger partial charge on any atom is 0.316 e. The molecule has 4 saturated carbocycles. The predicted molar refractivity (Wildman–Crippen MR) is 235 cm³/mol. The van der Waals surface area contributed by atoms with Crippen LogP contribution in [0.25, 0.3) is 9.40 Å². The molecule has 14 heteroatoms. The van der Waals surface area contributed by atoms with Crippen molar-refractivity contribution < 1.29 is 48.3 Å². The Bertz CT molecular complexity index is 2560. The lowest BCUT2D eigenvalue weighted by Crippen LogP contribution is -2.76. The fourth-order valence-electron chi connectivity index (χ4n) is 14.4. The standard InChI is InChI=1S/C50H50N2O10S2/c53-32-9-11-49(57)36-19-27-5-7-34(42-40(27)47(49,44(32)61-42)13-15-51(36)23-25-1-2-25)59-38(55)21-30-17-29-18-31(64-46(29)63-30)22-39(56)60-35-8-6-28-20-37-50(58)12-10-33(54)45-48(50,41(28)43(35)62-45)14-16-52(37)24-26-3-4-26/h5-8,17-18,25-26,36-37,44-45,57-58H,1-4,9-16,19-24H2/t36-,37-,44+,45+,47+,48+,49-,50-/m1/s1. The van der Waals surface area contributed by atoms with Gasteiger partial charge in [-0.1, -0.05) is 12.1 Å². The van der Waals surface area contributed by atoms with E-state index in [0.717, 1.165) is 67.6 Å². The number of fused-ring (bicyclic) bond motifs is 1. The van der Waals surface area contributed by atoms with Crippen LogP contribution >= 0.6 is 22.7 Å². The normalized spacial score (nSPS) is 35.2. The van der Waals surface area contributed by atoms with Gasteiger partial charge in [0.05, 0.1) is 38.9 Å². The molecule has 0 radical (unpaired) electrons. The Balaban J connectivity index is 0.674. The fourth-order valence-corrected chi connectivity index (χ4v) is 16.9. The second-order valence-corrected chi connectivity index (χ2v) is 23.4. The molecular formula is C50H50N2O10S2. The summed E-state index contributed by atoms with van der Waals surface area (Å²) in [4.78, 5) is 60.8. The monoisotopic (exact) mass is 902 g/mol. The van der Waals surface area contributed by atoms with Crippen molar-refractivity contribution in [2.24, 2.45) is 11.8 Å². The number of nitrogens with zero attached hydrogens (tertiary/aromatic N) is 2. The van der Waals surface area contributed by atoms with Crippen LogP contribution in [0.5, 0.6) is 23.0 Å².